The summed E-state index contributed by atoms with van der Waals surface area (Å²) in [6.45, 7) is 0. The standard InChI is InChI=1S/C14H11Cl/c15-14-7-3-6-12-8-10-4-1-2-5-11(10)9-13(12)14/h1-7H,8-9H2. The maximum atomic E-state index is 6.21. The van der Waals surface area contributed by atoms with E-state index in [0.717, 1.165) is 17.9 Å². The molecule has 1 aliphatic carbocycles. The molecule has 0 nitrogen and oxygen atoms in total. The average Bonchev–Trinajstić information content (AvgIpc) is 2.27. The van der Waals surface area contributed by atoms with Crippen molar-refractivity contribution in [3.05, 3.63) is 69.7 Å². The first-order valence-electron chi connectivity index (χ1n) is 5.17. The highest BCUT2D eigenvalue weighted by molar-refractivity contribution is 6.31. The van der Waals surface area contributed by atoms with Gasteiger partial charge in [0.05, 0.1) is 0 Å². The van der Waals surface area contributed by atoms with Crippen molar-refractivity contribution < 1.29 is 0 Å². The highest BCUT2D eigenvalue weighted by atomic mass is 35.5. The molecule has 74 valence electrons. The van der Waals surface area contributed by atoms with Crippen LogP contribution < -0.4 is 0 Å². The van der Waals surface area contributed by atoms with Gasteiger partial charge in [-0.15, -0.1) is 0 Å². The summed E-state index contributed by atoms with van der Waals surface area (Å²) < 4.78 is 0. The van der Waals surface area contributed by atoms with E-state index in [1.165, 1.54) is 22.3 Å². The van der Waals surface area contributed by atoms with E-state index < -0.39 is 0 Å². The minimum absolute atomic E-state index is 0.905. The van der Waals surface area contributed by atoms with Crippen LogP contribution in [-0.2, 0) is 12.8 Å². The van der Waals surface area contributed by atoms with Gasteiger partial charge in [0.25, 0.3) is 0 Å². The molecule has 0 fully saturated rings. The second-order valence-electron chi connectivity index (χ2n) is 4.00. The molecular formula is C14H11Cl. The second kappa shape index (κ2) is 3.39. The quantitative estimate of drug-likeness (QED) is 0.534. The van der Waals surface area contributed by atoms with Gasteiger partial charge in [0.1, 0.15) is 0 Å². The van der Waals surface area contributed by atoms with E-state index in [0.29, 0.717) is 0 Å². The summed E-state index contributed by atoms with van der Waals surface area (Å²) in [5, 5.41) is 0.905. The highest BCUT2D eigenvalue weighted by Gasteiger charge is 2.16. The van der Waals surface area contributed by atoms with Crippen LogP contribution in [0, 0.1) is 0 Å². The summed E-state index contributed by atoms with van der Waals surface area (Å²) in [6.07, 6.45) is 2.00. The van der Waals surface area contributed by atoms with Crippen LogP contribution in [0.3, 0.4) is 0 Å². The molecule has 0 atom stereocenters. The molecule has 3 rings (SSSR count). The summed E-state index contributed by atoms with van der Waals surface area (Å²) in [7, 11) is 0. The first-order chi connectivity index (χ1) is 7.34. The maximum absolute atomic E-state index is 6.21. The van der Waals surface area contributed by atoms with Gasteiger partial charge in [-0.25, -0.2) is 0 Å². The topological polar surface area (TPSA) is 0 Å². The first-order valence-corrected chi connectivity index (χ1v) is 5.55. The Kier molecular flexibility index (Phi) is 2.03. The number of rotatable bonds is 0. The van der Waals surface area contributed by atoms with Crippen LogP contribution in [-0.4, -0.2) is 0 Å². The van der Waals surface area contributed by atoms with Gasteiger partial charge in [-0.1, -0.05) is 48.0 Å². The van der Waals surface area contributed by atoms with E-state index in [1.54, 1.807) is 0 Å². The molecule has 0 bridgehead atoms. The van der Waals surface area contributed by atoms with E-state index in [4.69, 9.17) is 11.6 Å². The molecule has 1 heteroatoms. The van der Waals surface area contributed by atoms with Crippen molar-refractivity contribution in [1.82, 2.24) is 0 Å². The molecular weight excluding hydrogens is 204 g/mol. The Bertz CT molecular complexity index is 514. The Labute approximate surface area is 94.5 Å². The fraction of sp³-hybridized carbons (Fsp3) is 0.143. The van der Waals surface area contributed by atoms with Gasteiger partial charge in [-0.3, -0.25) is 0 Å². The molecule has 0 unspecified atom stereocenters. The molecule has 0 saturated heterocycles. The van der Waals surface area contributed by atoms with Crippen LogP contribution in [0.4, 0.5) is 0 Å². The molecule has 1 aliphatic rings. The number of benzene rings is 2. The Balaban J connectivity index is 2.15. The van der Waals surface area contributed by atoms with Gasteiger partial charge in [0.2, 0.25) is 0 Å². The summed E-state index contributed by atoms with van der Waals surface area (Å²) >= 11 is 6.21. The Hall–Kier alpha value is -1.27. The maximum Gasteiger partial charge on any atom is 0.0444 e. The summed E-state index contributed by atoms with van der Waals surface area (Å²) in [5.74, 6) is 0. The van der Waals surface area contributed by atoms with Gasteiger partial charge in [0.15, 0.2) is 0 Å². The van der Waals surface area contributed by atoms with E-state index in [2.05, 4.69) is 30.3 Å². The molecule has 2 aromatic rings. The molecule has 0 aliphatic heterocycles. The minimum Gasteiger partial charge on any atom is -0.0840 e. The molecule has 0 aromatic heterocycles. The molecule has 15 heavy (non-hydrogen) atoms. The summed E-state index contributed by atoms with van der Waals surface area (Å²) in [6, 6.07) is 14.8. The fourth-order valence-electron chi connectivity index (χ4n) is 2.26. The number of hydrogen-bond acceptors (Lipinski definition) is 0. The predicted octanol–water partition coefficient (Wildman–Crippen LogP) is 3.84. The van der Waals surface area contributed by atoms with Gasteiger partial charge < -0.3 is 0 Å². The molecule has 0 amide bonds. The Morgan fingerprint density at radius 2 is 1.40 bits per heavy atom. The zero-order chi connectivity index (χ0) is 10.3. The summed E-state index contributed by atoms with van der Waals surface area (Å²) in [4.78, 5) is 0. The van der Waals surface area contributed by atoms with Crippen molar-refractivity contribution in [2.24, 2.45) is 0 Å². The second-order valence-corrected chi connectivity index (χ2v) is 4.41. The predicted molar refractivity (Wildman–Crippen MR) is 63.5 cm³/mol. The van der Waals surface area contributed by atoms with Crippen molar-refractivity contribution in [3.8, 4) is 0 Å². The molecule has 2 aromatic carbocycles. The third kappa shape index (κ3) is 1.46. The monoisotopic (exact) mass is 214 g/mol. The first kappa shape index (κ1) is 8.99. The minimum atomic E-state index is 0.905. The summed E-state index contributed by atoms with van der Waals surface area (Å²) in [5.41, 5.74) is 5.53. The van der Waals surface area contributed by atoms with Crippen LogP contribution in [0.25, 0.3) is 0 Å². The van der Waals surface area contributed by atoms with Crippen LogP contribution in [0.2, 0.25) is 5.02 Å². The van der Waals surface area contributed by atoms with E-state index >= 15 is 0 Å². The average molecular weight is 215 g/mol. The number of fused-ring (bicyclic) bond motifs is 2. The smallest absolute Gasteiger partial charge is 0.0444 e. The SMILES string of the molecule is Clc1cccc2c1Cc1ccccc1C2. The molecule has 0 spiro atoms. The van der Waals surface area contributed by atoms with Crippen molar-refractivity contribution in [1.29, 1.82) is 0 Å². The normalized spacial score (nSPS) is 13.1. The van der Waals surface area contributed by atoms with Crippen LogP contribution in [0.5, 0.6) is 0 Å². The third-order valence-corrected chi connectivity index (χ3v) is 3.44. The van der Waals surface area contributed by atoms with Gasteiger partial charge in [-0.05, 0) is 41.2 Å². The molecule has 0 saturated carbocycles. The third-order valence-electron chi connectivity index (χ3n) is 3.08. The van der Waals surface area contributed by atoms with Crippen LogP contribution >= 0.6 is 11.6 Å². The van der Waals surface area contributed by atoms with E-state index in [-0.39, 0.29) is 0 Å². The van der Waals surface area contributed by atoms with Gasteiger partial charge in [0, 0.05) is 5.02 Å². The zero-order valence-corrected chi connectivity index (χ0v) is 9.09. The fourth-order valence-corrected chi connectivity index (χ4v) is 2.53. The van der Waals surface area contributed by atoms with E-state index in [9.17, 15) is 0 Å². The zero-order valence-electron chi connectivity index (χ0n) is 8.33. The Morgan fingerprint density at radius 1 is 0.733 bits per heavy atom. The number of hydrogen-bond donors (Lipinski definition) is 0. The lowest BCUT2D eigenvalue weighted by Gasteiger charge is -2.20. The molecule has 0 radical (unpaired) electrons. The lowest BCUT2D eigenvalue weighted by molar-refractivity contribution is 1.00. The van der Waals surface area contributed by atoms with Crippen LogP contribution in [0.1, 0.15) is 22.3 Å². The van der Waals surface area contributed by atoms with Gasteiger partial charge >= 0.3 is 0 Å². The van der Waals surface area contributed by atoms with Crippen molar-refractivity contribution in [2.45, 2.75) is 12.8 Å². The van der Waals surface area contributed by atoms with Crippen molar-refractivity contribution in [2.75, 3.05) is 0 Å². The highest BCUT2D eigenvalue weighted by Crippen LogP contribution is 2.31. The number of halogens is 1. The molecule has 0 heterocycles. The van der Waals surface area contributed by atoms with Crippen molar-refractivity contribution >= 4 is 11.6 Å². The lowest BCUT2D eigenvalue weighted by atomic mass is 9.86. The van der Waals surface area contributed by atoms with Gasteiger partial charge in [-0.2, -0.15) is 0 Å². The lowest BCUT2D eigenvalue weighted by Crippen LogP contribution is -2.07. The van der Waals surface area contributed by atoms with E-state index in [1.807, 2.05) is 12.1 Å². The van der Waals surface area contributed by atoms with Crippen molar-refractivity contribution in [3.63, 3.8) is 0 Å². The largest absolute Gasteiger partial charge is 0.0840 e. The molecule has 0 N–H and O–H groups in total. The van der Waals surface area contributed by atoms with Crippen LogP contribution in [0.15, 0.2) is 42.5 Å². The Morgan fingerprint density at radius 3 is 2.20 bits per heavy atom.